The molecule has 8 nitrogen and oxygen atoms in total. The maximum atomic E-state index is 12.7. The van der Waals surface area contributed by atoms with Crippen LogP contribution in [0.3, 0.4) is 0 Å². The van der Waals surface area contributed by atoms with Gasteiger partial charge < -0.3 is 9.64 Å². The van der Waals surface area contributed by atoms with Crippen LogP contribution in [0.15, 0.2) is 58.3 Å². The minimum Gasteiger partial charge on any atom is -0.484 e. The summed E-state index contributed by atoms with van der Waals surface area (Å²) in [5.41, 5.74) is 1.26. The second kappa shape index (κ2) is 8.28. The summed E-state index contributed by atoms with van der Waals surface area (Å²) in [6.07, 6.45) is 0.943. The second-order valence-electron chi connectivity index (χ2n) is 8.65. The lowest BCUT2D eigenvalue weighted by molar-refractivity contribution is -0.111. The van der Waals surface area contributed by atoms with Crippen molar-refractivity contribution in [1.29, 1.82) is 0 Å². The lowest BCUT2D eigenvalue weighted by Crippen LogP contribution is -2.53. The molecule has 2 aromatic rings. The number of benzene rings is 2. The van der Waals surface area contributed by atoms with E-state index in [4.69, 9.17) is 4.74 Å². The maximum absolute atomic E-state index is 12.7. The van der Waals surface area contributed by atoms with Gasteiger partial charge in [0.25, 0.3) is 10.0 Å². The number of ether oxygens (including phenoxy) is 1. The van der Waals surface area contributed by atoms with Crippen molar-refractivity contribution in [2.45, 2.75) is 30.3 Å². The first-order valence-corrected chi connectivity index (χ1v) is 13.3. The number of carbonyl (C=O) groups excluding carboxylic acids is 3. The van der Waals surface area contributed by atoms with E-state index in [2.05, 4.69) is 4.72 Å². The Morgan fingerprint density at radius 3 is 2.32 bits per heavy atom. The van der Waals surface area contributed by atoms with Crippen molar-refractivity contribution >= 4 is 45.1 Å². The minimum atomic E-state index is -3.97. The summed E-state index contributed by atoms with van der Waals surface area (Å²) in [5.74, 6) is -0.171. The van der Waals surface area contributed by atoms with Crippen LogP contribution in [0.1, 0.15) is 34.3 Å². The summed E-state index contributed by atoms with van der Waals surface area (Å²) >= 11 is 1.32. The van der Waals surface area contributed by atoms with Gasteiger partial charge in [-0.1, -0.05) is 42.0 Å². The van der Waals surface area contributed by atoms with Crippen LogP contribution in [0.5, 0.6) is 0 Å². The van der Waals surface area contributed by atoms with Gasteiger partial charge in [-0.25, -0.2) is 17.9 Å². The standard InChI is InChI=1S/C24H22N2O6S2/c1-15-6-8-16(9-7-15)34(30,31)25-23(29)26-12-10-24(11-13-26)14-33-22-20(28)19(27)17-4-2-3-5-18(17)21(22)32-24/h2-9H,10-14H2,1H3,(H,25,29). The van der Waals surface area contributed by atoms with Crippen molar-refractivity contribution in [3.05, 3.63) is 70.1 Å². The molecule has 0 bridgehead atoms. The molecule has 5 rings (SSSR count). The van der Waals surface area contributed by atoms with Crippen molar-refractivity contribution in [1.82, 2.24) is 9.62 Å². The van der Waals surface area contributed by atoms with E-state index in [-0.39, 0.29) is 4.90 Å². The highest BCUT2D eigenvalue weighted by molar-refractivity contribution is 8.04. The van der Waals surface area contributed by atoms with E-state index < -0.39 is 33.2 Å². The van der Waals surface area contributed by atoms with Crippen LogP contribution in [0.4, 0.5) is 4.79 Å². The van der Waals surface area contributed by atoms with E-state index in [0.717, 1.165) is 5.56 Å². The summed E-state index contributed by atoms with van der Waals surface area (Å²) in [5, 5.41) is 0. The summed E-state index contributed by atoms with van der Waals surface area (Å²) < 4.78 is 33.7. The molecule has 1 fully saturated rings. The molecule has 0 saturated carbocycles. The monoisotopic (exact) mass is 498 g/mol. The zero-order valence-corrected chi connectivity index (χ0v) is 20.0. The van der Waals surface area contributed by atoms with Crippen molar-refractivity contribution in [3.8, 4) is 0 Å². The number of sulfonamides is 1. The Hall–Kier alpha value is -3.11. The number of allylic oxidation sites excluding steroid dienone is 1. The topological polar surface area (TPSA) is 110 Å². The summed E-state index contributed by atoms with van der Waals surface area (Å²) in [6, 6.07) is 12.5. The maximum Gasteiger partial charge on any atom is 0.331 e. The predicted molar refractivity (Wildman–Crippen MR) is 127 cm³/mol. The highest BCUT2D eigenvalue weighted by atomic mass is 32.2. The third kappa shape index (κ3) is 3.90. The predicted octanol–water partition coefficient (Wildman–Crippen LogP) is 3.13. The Kier molecular flexibility index (Phi) is 5.52. The van der Waals surface area contributed by atoms with Gasteiger partial charge in [0.2, 0.25) is 11.6 Å². The molecule has 176 valence electrons. The lowest BCUT2D eigenvalue weighted by Gasteiger charge is -2.45. The van der Waals surface area contributed by atoms with Gasteiger partial charge in [-0.2, -0.15) is 0 Å². The summed E-state index contributed by atoms with van der Waals surface area (Å²) in [6.45, 7) is 2.45. The number of carbonyl (C=O) groups is 3. The molecule has 0 aromatic heterocycles. The Balaban J connectivity index is 1.29. The van der Waals surface area contributed by atoms with Crippen LogP contribution < -0.4 is 4.72 Å². The van der Waals surface area contributed by atoms with Crippen LogP contribution in [0, 0.1) is 6.92 Å². The number of hydrogen-bond donors (Lipinski definition) is 1. The number of thioether (sulfide) groups is 1. The molecule has 2 aromatic carbocycles. The highest BCUT2D eigenvalue weighted by Gasteiger charge is 2.46. The number of aryl methyl sites for hydroxylation is 1. The van der Waals surface area contributed by atoms with Gasteiger partial charge in [0.05, 0.1) is 4.90 Å². The van der Waals surface area contributed by atoms with Crippen LogP contribution in [0.25, 0.3) is 5.76 Å². The van der Waals surface area contributed by atoms with Crippen molar-refractivity contribution < 1.29 is 27.5 Å². The highest BCUT2D eigenvalue weighted by Crippen LogP contribution is 2.47. The first kappa shape index (κ1) is 22.7. The van der Waals surface area contributed by atoms with Gasteiger partial charge in [-0.3, -0.25) is 9.59 Å². The number of ketones is 2. The van der Waals surface area contributed by atoms with E-state index in [0.29, 0.717) is 53.5 Å². The third-order valence-corrected chi connectivity index (χ3v) is 9.01. The lowest BCUT2D eigenvalue weighted by atomic mass is 9.90. The van der Waals surface area contributed by atoms with Crippen LogP contribution in [0.2, 0.25) is 0 Å². The molecule has 2 aliphatic heterocycles. The number of fused-ring (bicyclic) bond motifs is 2. The molecule has 1 aliphatic carbocycles. The number of nitrogens with zero attached hydrogens (tertiary/aromatic N) is 1. The van der Waals surface area contributed by atoms with Crippen molar-refractivity contribution in [2.24, 2.45) is 0 Å². The van der Waals surface area contributed by atoms with Crippen molar-refractivity contribution in [2.75, 3.05) is 18.8 Å². The number of Topliss-reactive ketones (excluding diaryl/α,β-unsaturated/α-hetero) is 2. The molecule has 2 amide bonds. The Morgan fingerprint density at radius 1 is 1.00 bits per heavy atom. The van der Waals surface area contributed by atoms with Gasteiger partial charge in [0.15, 0.2) is 0 Å². The number of likely N-dealkylation sites (tertiary alicyclic amines) is 1. The van der Waals surface area contributed by atoms with Crippen LogP contribution in [-0.4, -0.2) is 55.4 Å². The van der Waals surface area contributed by atoms with Crippen molar-refractivity contribution in [3.63, 3.8) is 0 Å². The molecule has 3 aliphatic rings. The van der Waals surface area contributed by atoms with E-state index in [9.17, 15) is 22.8 Å². The summed E-state index contributed by atoms with van der Waals surface area (Å²) in [4.78, 5) is 39.5. The zero-order valence-electron chi connectivity index (χ0n) is 18.4. The fourth-order valence-electron chi connectivity index (χ4n) is 4.33. The van der Waals surface area contributed by atoms with Crippen LogP contribution >= 0.6 is 11.8 Å². The molecule has 10 heteroatoms. The molecular formula is C24H22N2O6S2. The number of rotatable bonds is 2. The number of piperidine rings is 1. The molecule has 1 saturated heterocycles. The molecule has 34 heavy (non-hydrogen) atoms. The van der Waals surface area contributed by atoms with Gasteiger partial charge in [0.1, 0.15) is 16.3 Å². The van der Waals surface area contributed by atoms with E-state index in [1.54, 1.807) is 36.4 Å². The largest absolute Gasteiger partial charge is 0.484 e. The molecule has 1 spiro atoms. The first-order chi connectivity index (χ1) is 16.2. The molecule has 0 atom stereocenters. The third-order valence-electron chi connectivity index (χ3n) is 6.35. The SMILES string of the molecule is Cc1ccc(S(=O)(=O)NC(=O)N2CCC3(CC2)CSC2=C(O3)c3ccccc3C(=O)C2=O)cc1. The smallest absolute Gasteiger partial charge is 0.331 e. The molecular weight excluding hydrogens is 476 g/mol. The molecule has 2 heterocycles. The normalized spacial score (nSPS) is 19.4. The average Bonchev–Trinajstić information content (AvgIpc) is 2.83. The van der Waals surface area contributed by atoms with Gasteiger partial charge in [-0.15, -0.1) is 11.8 Å². The van der Waals surface area contributed by atoms with E-state index in [1.165, 1.54) is 28.8 Å². The summed E-state index contributed by atoms with van der Waals surface area (Å²) in [7, 11) is -3.97. The van der Waals surface area contributed by atoms with E-state index >= 15 is 0 Å². The number of nitrogens with one attached hydrogen (secondary N) is 1. The number of urea groups is 1. The molecule has 0 radical (unpaired) electrons. The minimum absolute atomic E-state index is 0.0292. The number of amides is 2. The average molecular weight is 499 g/mol. The Morgan fingerprint density at radius 2 is 1.65 bits per heavy atom. The van der Waals surface area contributed by atoms with E-state index in [1.807, 2.05) is 6.92 Å². The van der Waals surface area contributed by atoms with Gasteiger partial charge in [-0.05, 0) is 19.1 Å². The second-order valence-corrected chi connectivity index (χ2v) is 11.3. The Bertz CT molecular complexity index is 1340. The first-order valence-electron chi connectivity index (χ1n) is 10.8. The number of hydrogen-bond acceptors (Lipinski definition) is 7. The van der Waals surface area contributed by atoms with Crippen LogP contribution in [-0.2, 0) is 19.6 Å². The Labute approximate surface area is 201 Å². The zero-order chi connectivity index (χ0) is 24.1. The molecule has 1 N–H and O–H groups in total. The molecule has 0 unspecified atom stereocenters. The van der Waals surface area contributed by atoms with Gasteiger partial charge in [0, 0.05) is 42.8 Å². The quantitative estimate of drug-likeness (QED) is 0.634. The van der Waals surface area contributed by atoms with Gasteiger partial charge >= 0.3 is 6.03 Å². The fraction of sp³-hybridized carbons (Fsp3) is 0.292. The fourth-order valence-corrected chi connectivity index (χ4v) is 6.56.